The standard InChI is InChI=1S/C19H19BrClN3O3/c1-3-10-22-19(26)24-15-7-5-14(6-8-15)23-18(25)12(2)27-17-9-4-13(21)11-16(17)20/h3-9,11-12H,1,10H2,2H3,(H,23,25)(H2,22,24,26). The van der Waals surface area contributed by atoms with E-state index in [0.717, 1.165) is 0 Å². The number of rotatable bonds is 7. The summed E-state index contributed by atoms with van der Waals surface area (Å²) in [6.07, 6.45) is 0.870. The van der Waals surface area contributed by atoms with E-state index in [9.17, 15) is 9.59 Å². The van der Waals surface area contributed by atoms with Crippen LogP contribution in [0, 0.1) is 0 Å². The molecule has 1 atom stereocenters. The fraction of sp³-hybridized carbons (Fsp3) is 0.158. The number of anilines is 2. The first-order valence-corrected chi connectivity index (χ1v) is 9.24. The number of amides is 3. The summed E-state index contributed by atoms with van der Waals surface area (Å²) in [4.78, 5) is 23.9. The Morgan fingerprint density at radius 2 is 1.81 bits per heavy atom. The summed E-state index contributed by atoms with van der Waals surface area (Å²) in [5, 5.41) is 8.61. The Kier molecular flexibility index (Phi) is 7.69. The topological polar surface area (TPSA) is 79.5 Å². The monoisotopic (exact) mass is 451 g/mol. The summed E-state index contributed by atoms with van der Waals surface area (Å²) in [7, 11) is 0. The number of carbonyl (C=O) groups is 2. The lowest BCUT2D eigenvalue weighted by Gasteiger charge is -2.16. The zero-order chi connectivity index (χ0) is 19.8. The van der Waals surface area contributed by atoms with Gasteiger partial charge < -0.3 is 20.7 Å². The summed E-state index contributed by atoms with van der Waals surface area (Å²) in [5.41, 5.74) is 1.19. The number of carbonyl (C=O) groups excluding carboxylic acids is 2. The van der Waals surface area contributed by atoms with Crippen LogP contribution in [0.3, 0.4) is 0 Å². The zero-order valence-corrected chi connectivity index (χ0v) is 16.9. The lowest BCUT2D eigenvalue weighted by molar-refractivity contribution is -0.122. The van der Waals surface area contributed by atoms with Crippen LogP contribution in [-0.4, -0.2) is 24.6 Å². The lowest BCUT2D eigenvalue weighted by Crippen LogP contribution is -2.30. The molecule has 27 heavy (non-hydrogen) atoms. The third kappa shape index (κ3) is 6.62. The van der Waals surface area contributed by atoms with Crippen molar-refractivity contribution < 1.29 is 14.3 Å². The quantitative estimate of drug-likeness (QED) is 0.527. The van der Waals surface area contributed by atoms with E-state index in [-0.39, 0.29) is 11.9 Å². The summed E-state index contributed by atoms with van der Waals surface area (Å²) < 4.78 is 6.32. The number of halogens is 2. The Bertz CT molecular complexity index is 827. The molecule has 0 spiro atoms. The maximum absolute atomic E-state index is 12.3. The van der Waals surface area contributed by atoms with Crippen LogP contribution in [-0.2, 0) is 4.79 Å². The summed E-state index contributed by atoms with van der Waals surface area (Å²) in [6, 6.07) is 11.5. The van der Waals surface area contributed by atoms with Crippen LogP contribution in [0.2, 0.25) is 5.02 Å². The Hall–Kier alpha value is -2.51. The van der Waals surface area contributed by atoms with Crippen molar-refractivity contribution in [1.29, 1.82) is 0 Å². The average molecular weight is 453 g/mol. The number of hydrogen-bond acceptors (Lipinski definition) is 3. The number of nitrogens with one attached hydrogen (secondary N) is 3. The minimum atomic E-state index is -0.718. The Labute approximate surface area is 171 Å². The first kappa shape index (κ1) is 20.8. The fourth-order valence-electron chi connectivity index (χ4n) is 2.04. The number of hydrogen-bond donors (Lipinski definition) is 3. The van der Waals surface area contributed by atoms with Crippen LogP contribution in [0.25, 0.3) is 0 Å². The van der Waals surface area contributed by atoms with E-state index in [1.165, 1.54) is 0 Å². The van der Waals surface area contributed by atoms with Gasteiger partial charge in [-0.15, -0.1) is 6.58 Å². The van der Waals surface area contributed by atoms with Gasteiger partial charge in [-0.3, -0.25) is 4.79 Å². The van der Waals surface area contributed by atoms with Crippen LogP contribution in [0.4, 0.5) is 16.2 Å². The molecule has 0 aliphatic rings. The van der Waals surface area contributed by atoms with Crippen molar-refractivity contribution in [2.45, 2.75) is 13.0 Å². The van der Waals surface area contributed by atoms with E-state index in [0.29, 0.717) is 33.2 Å². The van der Waals surface area contributed by atoms with Gasteiger partial charge in [-0.2, -0.15) is 0 Å². The largest absolute Gasteiger partial charge is 0.480 e. The molecule has 3 N–H and O–H groups in total. The second-order valence-corrected chi connectivity index (χ2v) is 6.82. The number of benzene rings is 2. The first-order valence-electron chi connectivity index (χ1n) is 8.07. The van der Waals surface area contributed by atoms with Gasteiger partial charge in [-0.05, 0) is 65.3 Å². The van der Waals surface area contributed by atoms with E-state index in [2.05, 4.69) is 38.5 Å². The van der Waals surface area contributed by atoms with Crippen molar-refractivity contribution in [2.24, 2.45) is 0 Å². The summed E-state index contributed by atoms with van der Waals surface area (Å²) >= 11 is 9.24. The molecule has 2 rings (SSSR count). The van der Waals surface area contributed by atoms with Gasteiger partial charge in [0, 0.05) is 22.9 Å². The molecule has 0 saturated carbocycles. The van der Waals surface area contributed by atoms with Gasteiger partial charge in [-0.1, -0.05) is 17.7 Å². The summed E-state index contributed by atoms with van der Waals surface area (Å²) in [6.45, 7) is 5.55. The molecule has 0 radical (unpaired) electrons. The van der Waals surface area contributed by atoms with Crippen molar-refractivity contribution >= 4 is 50.8 Å². The lowest BCUT2D eigenvalue weighted by atomic mass is 10.2. The van der Waals surface area contributed by atoms with Gasteiger partial charge in [-0.25, -0.2) is 4.79 Å². The van der Waals surface area contributed by atoms with Crippen molar-refractivity contribution in [3.8, 4) is 5.75 Å². The molecule has 0 heterocycles. The molecule has 0 aromatic heterocycles. The van der Waals surface area contributed by atoms with Crippen molar-refractivity contribution in [1.82, 2.24) is 5.32 Å². The summed E-state index contributed by atoms with van der Waals surface area (Å²) in [5.74, 6) is 0.216. The molecule has 0 fully saturated rings. The highest BCUT2D eigenvalue weighted by molar-refractivity contribution is 9.10. The van der Waals surface area contributed by atoms with Gasteiger partial charge in [0.05, 0.1) is 4.47 Å². The third-order valence-corrected chi connectivity index (χ3v) is 4.24. The molecule has 1 unspecified atom stereocenters. The molecular formula is C19H19BrClN3O3. The average Bonchev–Trinajstić information content (AvgIpc) is 2.63. The maximum Gasteiger partial charge on any atom is 0.319 e. The third-order valence-electron chi connectivity index (χ3n) is 3.38. The SMILES string of the molecule is C=CCNC(=O)Nc1ccc(NC(=O)C(C)Oc2ccc(Cl)cc2Br)cc1. The second kappa shape index (κ2) is 9.99. The van der Waals surface area contributed by atoms with E-state index in [4.69, 9.17) is 16.3 Å². The zero-order valence-electron chi connectivity index (χ0n) is 14.6. The molecule has 3 amide bonds. The molecular weight excluding hydrogens is 434 g/mol. The van der Waals surface area contributed by atoms with E-state index in [1.807, 2.05) is 0 Å². The van der Waals surface area contributed by atoms with Gasteiger partial charge >= 0.3 is 6.03 Å². The van der Waals surface area contributed by atoms with Gasteiger partial charge in [0.15, 0.2) is 6.10 Å². The molecule has 0 saturated heterocycles. The Morgan fingerprint density at radius 3 is 2.41 bits per heavy atom. The van der Waals surface area contributed by atoms with E-state index in [1.54, 1.807) is 55.5 Å². The number of ether oxygens (including phenoxy) is 1. The van der Waals surface area contributed by atoms with Crippen LogP contribution < -0.4 is 20.7 Å². The molecule has 0 aliphatic carbocycles. The molecule has 0 aliphatic heterocycles. The highest BCUT2D eigenvalue weighted by Crippen LogP contribution is 2.29. The maximum atomic E-state index is 12.3. The van der Waals surface area contributed by atoms with Crippen molar-refractivity contribution in [3.05, 3.63) is 64.6 Å². The van der Waals surface area contributed by atoms with Crippen LogP contribution >= 0.6 is 27.5 Å². The predicted octanol–water partition coefficient (Wildman–Crippen LogP) is 4.82. The first-order chi connectivity index (χ1) is 12.9. The van der Waals surface area contributed by atoms with Crippen molar-refractivity contribution in [3.63, 3.8) is 0 Å². The Balaban J connectivity index is 1.90. The fourth-order valence-corrected chi connectivity index (χ4v) is 2.81. The van der Waals surface area contributed by atoms with E-state index < -0.39 is 6.10 Å². The van der Waals surface area contributed by atoms with E-state index >= 15 is 0 Å². The number of urea groups is 1. The molecule has 2 aromatic rings. The Morgan fingerprint density at radius 1 is 1.19 bits per heavy atom. The minimum Gasteiger partial charge on any atom is -0.480 e. The highest BCUT2D eigenvalue weighted by Gasteiger charge is 2.16. The molecule has 142 valence electrons. The van der Waals surface area contributed by atoms with Gasteiger partial charge in [0.1, 0.15) is 5.75 Å². The van der Waals surface area contributed by atoms with Crippen LogP contribution in [0.5, 0.6) is 5.75 Å². The molecule has 0 bridgehead atoms. The minimum absolute atomic E-state index is 0.304. The van der Waals surface area contributed by atoms with Crippen LogP contribution in [0.1, 0.15) is 6.92 Å². The van der Waals surface area contributed by atoms with Gasteiger partial charge in [0.2, 0.25) is 0 Å². The molecule has 8 heteroatoms. The second-order valence-electron chi connectivity index (χ2n) is 5.53. The van der Waals surface area contributed by atoms with Crippen LogP contribution in [0.15, 0.2) is 59.6 Å². The molecule has 2 aromatic carbocycles. The normalized spacial score (nSPS) is 11.2. The van der Waals surface area contributed by atoms with Crippen molar-refractivity contribution in [2.75, 3.05) is 17.2 Å². The predicted molar refractivity (Wildman–Crippen MR) is 112 cm³/mol. The highest BCUT2D eigenvalue weighted by atomic mass is 79.9. The molecule has 6 nitrogen and oxygen atoms in total. The smallest absolute Gasteiger partial charge is 0.319 e. The van der Waals surface area contributed by atoms with Gasteiger partial charge in [0.25, 0.3) is 5.91 Å².